The third kappa shape index (κ3) is 3.69. The molecule has 25 heavy (non-hydrogen) atoms. The zero-order valence-electron chi connectivity index (χ0n) is 13.2. The normalized spacial score (nSPS) is 11.7. The summed E-state index contributed by atoms with van der Waals surface area (Å²) >= 11 is 0. The van der Waals surface area contributed by atoms with Gasteiger partial charge in [-0.3, -0.25) is 14.9 Å². The molecule has 1 aromatic heterocycles. The fourth-order valence-electron chi connectivity index (χ4n) is 2.22. The van der Waals surface area contributed by atoms with Gasteiger partial charge in [0.25, 0.3) is 11.6 Å². The molecule has 8 nitrogen and oxygen atoms in total. The van der Waals surface area contributed by atoms with E-state index in [-0.39, 0.29) is 23.3 Å². The summed E-state index contributed by atoms with van der Waals surface area (Å²) < 4.78 is 5.17. The van der Waals surface area contributed by atoms with Crippen LogP contribution in [0.2, 0.25) is 0 Å². The van der Waals surface area contributed by atoms with E-state index in [0.29, 0.717) is 11.1 Å². The summed E-state index contributed by atoms with van der Waals surface area (Å²) in [4.78, 5) is 26.7. The molecule has 1 amide bonds. The number of nitro groups is 1. The maximum atomic E-state index is 12.1. The second kappa shape index (κ2) is 6.91. The first-order chi connectivity index (χ1) is 12.0. The Morgan fingerprint density at radius 1 is 1.20 bits per heavy atom. The number of nitrogens with zero attached hydrogens (tertiary/aromatic N) is 3. The fraction of sp³-hybridized carbons (Fsp3) is 0.118. The Balaban J connectivity index is 1.76. The summed E-state index contributed by atoms with van der Waals surface area (Å²) in [6.07, 6.45) is 0. The Labute approximate surface area is 142 Å². The highest BCUT2D eigenvalue weighted by Gasteiger charge is 2.19. The van der Waals surface area contributed by atoms with Gasteiger partial charge in [-0.05, 0) is 19.1 Å². The minimum Gasteiger partial charge on any atom is -0.341 e. The molecular formula is C17H14N4O4. The van der Waals surface area contributed by atoms with Crippen molar-refractivity contribution >= 4 is 11.6 Å². The van der Waals surface area contributed by atoms with Crippen molar-refractivity contribution in [2.24, 2.45) is 0 Å². The molecule has 0 aliphatic rings. The molecule has 1 unspecified atom stereocenters. The van der Waals surface area contributed by atoms with Crippen molar-refractivity contribution in [3.05, 3.63) is 76.2 Å². The summed E-state index contributed by atoms with van der Waals surface area (Å²) in [6, 6.07) is 14.2. The van der Waals surface area contributed by atoms with Crippen LogP contribution in [-0.2, 0) is 0 Å². The number of carbonyl (C=O) groups is 1. The van der Waals surface area contributed by atoms with Crippen LogP contribution >= 0.6 is 0 Å². The summed E-state index contributed by atoms with van der Waals surface area (Å²) in [5.41, 5.74) is 0.924. The third-order valence-electron chi connectivity index (χ3n) is 3.51. The Morgan fingerprint density at radius 2 is 1.96 bits per heavy atom. The van der Waals surface area contributed by atoms with E-state index in [9.17, 15) is 14.9 Å². The molecule has 0 aliphatic heterocycles. The number of rotatable bonds is 5. The topological polar surface area (TPSA) is 111 Å². The molecule has 126 valence electrons. The number of nitro benzene ring substituents is 1. The van der Waals surface area contributed by atoms with Crippen molar-refractivity contribution in [3.8, 4) is 11.4 Å². The lowest BCUT2D eigenvalue weighted by atomic mass is 10.2. The molecule has 2 aromatic carbocycles. The van der Waals surface area contributed by atoms with Gasteiger partial charge in [-0.15, -0.1) is 0 Å². The molecular weight excluding hydrogens is 324 g/mol. The first-order valence-corrected chi connectivity index (χ1v) is 7.49. The second-order valence-electron chi connectivity index (χ2n) is 5.32. The molecule has 1 heterocycles. The maximum absolute atomic E-state index is 12.1. The van der Waals surface area contributed by atoms with Crippen molar-refractivity contribution in [2.45, 2.75) is 13.0 Å². The van der Waals surface area contributed by atoms with Gasteiger partial charge in [-0.25, -0.2) is 0 Å². The minimum absolute atomic E-state index is 0.0609. The molecule has 0 spiro atoms. The van der Waals surface area contributed by atoms with Gasteiger partial charge in [0.1, 0.15) is 6.04 Å². The molecule has 8 heteroatoms. The van der Waals surface area contributed by atoms with Gasteiger partial charge in [0, 0.05) is 23.3 Å². The highest BCUT2D eigenvalue weighted by atomic mass is 16.6. The molecule has 0 bridgehead atoms. The van der Waals surface area contributed by atoms with E-state index in [1.807, 2.05) is 6.07 Å². The zero-order chi connectivity index (χ0) is 17.8. The van der Waals surface area contributed by atoms with Crippen molar-refractivity contribution in [3.63, 3.8) is 0 Å². The Bertz CT molecular complexity index is 908. The van der Waals surface area contributed by atoms with Crippen molar-refractivity contribution in [1.29, 1.82) is 0 Å². The third-order valence-corrected chi connectivity index (χ3v) is 3.51. The van der Waals surface area contributed by atoms with Crippen LogP contribution in [0, 0.1) is 10.1 Å². The summed E-state index contributed by atoms with van der Waals surface area (Å²) in [5.74, 6) is 0.175. The molecule has 3 rings (SSSR count). The fourth-order valence-corrected chi connectivity index (χ4v) is 2.22. The number of carbonyl (C=O) groups excluding carboxylic acids is 1. The lowest BCUT2D eigenvalue weighted by Gasteiger charge is -2.09. The van der Waals surface area contributed by atoms with Crippen LogP contribution in [0.1, 0.15) is 29.2 Å². The van der Waals surface area contributed by atoms with Crippen LogP contribution in [0.3, 0.4) is 0 Å². The molecule has 0 saturated heterocycles. The highest BCUT2D eigenvalue weighted by Crippen LogP contribution is 2.22. The Morgan fingerprint density at radius 3 is 2.68 bits per heavy atom. The van der Waals surface area contributed by atoms with Gasteiger partial charge in [0.05, 0.1) is 4.92 Å². The van der Waals surface area contributed by atoms with E-state index >= 15 is 0 Å². The Hall–Kier alpha value is -3.55. The van der Waals surface area contributed by atoms with Crippen LogP contribution in [0.5, 0.6) is 0 Å². The van der Waals surface area contributed by atoms with E-state index < -0.39 is 11.0 Å². The van der Waals surface area contributed by atoms with Gasteiger partial charge in [0.15, 0.2) is 0 Å². The SMILES string of the molecule is CC(NC(=O)c1ccccc1)c1nc(-c2cccc([N+](=O)[O-])c2)no1. The van der Waals surface area contributed by atoms with Crippen LogP contribution in [0.15, 0.2) is 59.1 Å². The summed E-state index contributed by atoms with van der Waals surface area (Å²) in [7, 11) is 0. The zero-order valence-corrected chi connectivity index (χ0v) is 13.2. The van der Waals surface area contributed by atoms with E-state index in [2.05, 4.69) is 15.5 Å². The lowest BCUT2D eigenvalue weighted by Crippen LogP contribution is -2.26. The quantitative estimate of drug-likeness (QED) is 0.565. The smallest absolute Gasteiger partial charge is 0.270 e. The van der Waals surface area contributed by atoms with Crippen LogP contribution in [0.4, 0.5) is 5.69 Å². The molecule has 0 radical (unpaired) electrons. The molecule has 0 saturated carbocycles. The van der Waals surface area contributed by atoms with Crippen molar-refractivity contribution in [1.82, 2.24) is 15.5 Å². The monoisotopic (exact) mass is 338 g/mol. The van der Waals surface area contributed by atoms with Crippen molar-refractivity contribution < 1.29 is 14.2 Å². The number of hydrogen-bond donors (Lipinski definition) is 1. The highest BCUT2D eigenvalue weighted by molar-refractivity contribution is 5.94. The predicted molar refractivity (Wildman–Crippen MR) is 88.7 cm³/mol. The second-order valence-corrected chi connectivity index (χ2v) is 5.32. The van der Waals surface area contributed by atoms with Crippen LogP contribution < -0.4 is 5.32 Å². The van der Waals surface area contributed by atoms with Gasteiger partial charge in [-0.1, -0.05) is 35.5 Å². The standard InChI is InChI=1S/C17H14N4O4/c1-11(18-16(22)12-6-3-2-4-7-12)17-19-15(20-25-17)13-8-5-9-14(10-13)21(23)24/h2-11H,1H3,(H,18,22). The van der Waals surface area contributed by atoms with Gasteiger partial charge >= 0.3 is 0 Å². The van der Waals surface area contributed by atoms with E-state index in [1.165, 1.54) is 12.1 Å². The van der Waals surface area contributed by atoms with Gasteiger partial charge < -0.3 is 9.84 Å². The van der Waals surface area contributed by atoms with E-state index in [4.69, 9.17) is 4.52 Å². The van der Waals surface area contributed by atoms with Gasteiger partial charge in [0.2, 0.25) is 11.7 Å². The number of benzene rings is 2. The van der Waals surface area contributed by atoms with Crippen LogP contribution in [-0.4, -0.2) is 21.0 Å². The van der Waals surface area contributed by atoms with E-state index in [1.54, 1.807) is 43.3 Å². The molecule has 1 atom stereocenters. The maximum Gasteiger partial charge on any atom is 0.270 e. The molecule has 1 N–H and O–H groups in total. The number of non-ortho nitro benzene ring substituents is 1. The van der Waals surface area contributed by atoms with Crippen molar-refractivity contribution in [2.75, 3.05) is 0 Å². The average Bonchev–Trinajstić information content (AvgIpc) is 3.13. The first-order valence-electron chi connectivity index (χ1n) is 7.49. The summed E-state index contributed by atoms with van der Waals surface area (Å²) in [5, 5.41) is 17.4. The largest absolute Gasteiger partial charge is 0.341 e. The summed E-state index contributed by atoms with van der Waals surface area (Å²) in [6.45, 7) is 1.71. The van der Waals surface area contributed by atoms with Gasteiger partial charge in [-0.2, -0.15) is 4.98 Å². The number of hydrogen-bond acceptors (Lipinski definition) is 6. The number of aromatic nitrogens is 2. The number of nitrogens with one attached hydrogen (secondary N) is 1. The predicted octanol–water partition coefficient (Wildman–Crippen LogP) is 3.14. The molecule has 3 aromatic rings. The molecule has 0 aliphatic carbocycles. The van der Waals surface area contributed by atoms with Crippen LogP contribution in [0.25, 0.3) is 11.4 Å². The Kier molecular flexibility index (Phi) is 4.51. The first kappa shape index (κ1) is 16.3. The molecule has 0 fully saturated rings. The minimum atomic E-state index is -0.507. The van der Waals surface area contributed by atoms with E-state index in [0.717, 1.165) is 0 Å². The average molecular weight is 338 g/mol. The lowest BCUT2D eigenvalue weighted by molar-refractivity contribution is -0.384. The number of amides is 1.